The smallest absolute Gasteiger partial charge is 0.232 e. The molecule has 32 heavy (non-hydrogen) atoms. The third-order valence-corrected chi connectivity index (χ3v) is 7.56. The maximum Gasteiger partial charge on any atom is 0.232 e. The number of carbonyl (C=O) groups excluding carboxylic acids is 1. The van der Waals surface area contributed by atoms with Gasteiger partial charge >= 0.3 is 0 Å². The first-order valence-corrected chi connectivity index (χ1v) is 11.9. The van der Waals surface area contributed by atoms with Crippen LogP contribution in [-0.2, 0) is 4.79 Å². The highest BCUT2D eigenvalue weighted by Crippen LogP contribution is 2.44. The maximum absolute atomic E-state index is 13.3. The molecule has 2 saturated carbocycles. The molecule has 1 aliphatic heterocycles. The molecule has 0 radical (unpaired) electrons. The zero-order valence-electron chi connectivity index (χ0n) is 18.5. The molecule has 3 aliphatic rings. The van der Waals surface area contributed by atoms with E-state index in [1.54, 1.807) is 4.90 Å². The van der Waals surface area contributed by atoms with Crippen LogP contribution in [0.5, 0.6) is 0 Å². The second-order valence-electron chi connectivity index (χ2n) is 9.44. The van der Waals surface area contributed by atoms with E-state index in [2.05, 4.69) is 57.7 Å². The highest BCUT2D eigenvalue weighted by Gasteiger charge is 2.45. The van der Waals surface area contributed by atoms with Crippen molar-refractivity contribution in [2.24, 2.45) is 5.92 Å². The third-order valence-electron chi connectivity index (χ3n) is 7.56. The lowest BCUT2D eigenvalue weighted by Gasteiger charge is -2.36. The molecule has 0 spiro atoms. The first-order chi connectivity index (χ1) is 15.7. The highest BCUT2D eigenvalue weighted by molar-refractivity contribution is 5.99. The number of hydrogen-bond acceptors (Lipinski definition) is 5. The minimum atomic E-state index is 0.0618. The van der Waals surface area contributed by atoms with E-state index in [0.29, 0.717) is 12.0 Å². The van der Waals surface area contributed by atoms with Crippen LogP contribution >= 0.6 is 0 Å². The van der Waals surface area contributed by atoms with Crippen LogP contribution in [0.15, 0.2) is 48.7 Å². The van der Waals surface area contributed by atoms with Gasteiger partial charge in [0.05, 0.1) is 12.1 Å². The van der Waals surface area contributed by atoms with Gasteiger partial charge in [0.2, 0.25) is 11.9 Å². The lowest BCUT2D eigenvalue weighted by Crippen LogP contribution is -2.46. The average molecular weight is 428 g/mol. The van der Waals surface area contributed by atoms with Crippen LogP contribution in [-0.4, -0.2) is 35.0 Å². The molecule has 3 aromatic rings. The summed E-state index contributed by atoms with van der Waals surface area (Å²) in [4.78, 5) is 27.2. The molecule has 0 bridgehead atoms. The number of benzene rings is 2. The number of anilines is 4. The summed E-state index contributed by atoms with van der Waals surface area (Å²) in [5.74, 6) is 1.78. The van der Waals surface area contributed by atoms with Gasteiger partial charge in [-0.1, -0.05) is 49.6 Å². The van der Waals surface area contributed by atoms with Crippen molar-refractivity contribution in [3.8, 4) is 0 Å². The molecule has 1 aromatic heterocycles. The normalized spacial score (nSPS) is 23.3. The van der Waals surface area contributed by atoms with Gasteiger partial charge in [0.15, 0.2) is 5.82 Å². The summed E-state index contributed by atoms with van der Waals surface area (Å²) >= 11 is 0. The number of rotatable bonds is 3. The monoisotopic (exact) mass is 427 g/mol. The lowest BCUT2D eigenvalue weighted by molar-refractivity contribution is -0.122. The van der Waals surface area contributed by atoms with Crippen LogP contribution in [0.3, 0.4) is 0 Å². The minimum Gasteiger partial charge on any atom is -0.348 e. The molecule has 2 heterocycles. The van der Waals surface area contributed by atoms with Crippen molar-refractivity contribution >= 4 is 39.8 Å². The zero-order chi connectivity index (χ0) is 21.7. The van der Waals surface area contributed by atoms with E-state index in [-0.39, 0.29) is 17.9 Å². The fraction of sp³-hybridized carbons (Fsp3) is 0.423. The summed E-state index contributed by atoms with van der Waals surface area (Å²) in [6, 6.07) is 15.3. The molecule has 6 nitrogen and oxygen atoms in total. The first-order valence-electron chi connectivity index (χ1n) is 11.9. The van der Waals surface area contributed by atoms with Crippen molar-refractivity contribution in [2.45, 2.75) is 57.0 Å². The molecule has 1 amide bonds. The lowest BCUT2D eigenvalue weighted by atomic mass is 9.99. The fourth-order valence-corrected chi connectivity index (χ4v) is 5.96. The Balaban J connectivity index is 1.41. The molecule has 1 N–H and O–H groups in total. The molecule has 0 unspecified atom stereocenters. The van der Waals surface area contributed by atoms with Crippen LogP contribution in [0.25, 0.3) is 10.8 Å². The molecule has 6 rings (SSSR count). The van der Waals surface area contributed by atoms with Crippen molar-refractivity contribution in [3.63, 3.8) is 0 Å². The van der Waals surface area contributed by atoms with Gasteiger partial charge < -0.3 is 15.1 Å². The average Bonchev–Trinajstić information content (AvgIpc) is 3.50. The summed E-state index contributed by atoms with van der Waals surface area (Å²) in [5.41, 5.74) is 1.80. The largest absolute Gasteiger partial charge is 0.348 e. The number of aromatic nitrogens is 2. The number of carbonyl (C=O) groups is 1. The van der Waals surface area contributed by atoms with Crippen LogP contribution < -0.4 is 15.1 Å². The molecule has 6 heteroatoms. The molecular formula is C26H29N5O. The van der Waals surface area contributed by atoms with Crippen molar-refractivity contribution in [3.05, 3.63) is 48.7 Å². The predicted molar refractivity (Wildman–Crippen MR) is 129 cm³/mol. The van der Waals surface area contributed by atoms with Crippen LogP contribution in [0, 0.1) is 5.92 Å². The van der Waals surface area contributed by atoms with Gasteiger partial charge in [-0.3, -0.25) is 4.79 Å². The molecule has 2 aromatic carbocycles. The summed E-state index contributed by atoms with van der Waals surface area (Å²) in [7, 11) is 1.88. The van der Waals surface area contributed by atoms with E-state index in [9.17, 15) is 4.79 Å². The van der Waals surface area contributed by atoms with Crippen LogP contribution in [0.2, 0.25) is 0 Å². The molecule has 2 aliphatic carbocycles. The number of fused-ring (bicyclic) bond motifs is 3. The second kappa shape index (κ2) is 7.76. The molecule has 2 atom stereocenters. The second-order valence-corrected chi connectivity index (χ2v) is 9.44. The Bertz CT molecular complexity index is 1170. The first kappa shape index (κ1) is 19.5. The van der Waals surface area contributed by atoms with Crippen molar-refractivity contribution in [1.82, 2.24) is 9.97 Å². The molecule has 2 fully saturated rings. The summed E-state index contributed by atoms with van der Waals surface area (Å²) in [5, 5.41) is 5.80. The molecular weight excluding hydrogens is 398 g/mol. The summed E-state index contributed by atoms with van der Waals surface area (Å²) in [6.45, 7) is 0. The maximum atomic E-state index is 13.3. The van der Waals surface area contributed by atoms with Crippen molar-refractivity contribution in [1.29, 1.82) is 0 Å². The zero-order valence-corrected chi connectivity index (χ0v) is 18.5. The highest BCUT2D eigenvalue weighted by atomic mass is 16.2. The van der Waals surface area contributed by atoms with Gasteiger partial charge in [-0.2, -0.15) is 4.98 Å². The van der Waals surface area contributed by atoms with E-state index < -0.39 is 0 Å². The van der Waals surface area contributed by atoms with Crippen molar-refractivity contribution in [2.75, 3.05) is 22.2 Å². The van der Waals surface area contributed by atoms with Crippen LogP contribution in [0.1, 0.15) is 44.9 Å². The molecule has 0 saturated heterocycles. The number of nitrogens with one attached hydrogen (secondary N) is 1. The molecule has 164 valence electrons. The van der Waals surface area contributed by atoms with E-state index in [0.717, 1.165) is 36.5 Å². The van der Waals surface area contributed by atoms with Gasteiger partial charge in [0.25, 0.3) is 0 Å². The number of amides is 1. The third kappa shape index (κ3) is 3.20. The predicted octanol–water partition coefficient (Wildman–Crippen LogP) is 5.27. The van der Waals surface area contributed by atoms with E-state index in [4.69, 9.17) is 4.98 Å². The van der Waals surface area contributed by atoms with Gasteiger partial charge in [-0.05, 0) is 48.6 Å². The number of hydrogen-bond donors (Lipinski definition) is 1. The van der Waals surface area contributed by atoms with Gasteiger partial charge in [-0.25, -0.2) is 4.98 Å². The Kier molecular flexibility index (Phi) is 4.74. The number of nitrogens with zero attached hydrogens (tertiary/aromatic N) is 4. The standard InChI is InChI=1S/C26H29N5O/c1-30-23-16-27-26(28-19-14-13-17-7-2-3-8-18(17)15-19)29-24(23)31(20-9-4-5-10-20)22-12-6-11-21(22)25(30)32/h2-3,7-8,13-16,20-22H,4-6,9-12H2,1H3,(H,27,28,29)/t21-,22+/m0/s1. The Morgan fingerprint density at radius 2 is 1.78 bits per heavy atom. The quantitative estimate of drug-likeness (QED) is 0.617. The SMILES string of the molecule is CN1C(=O)[C@H]2CCC[C@H]2N(C2CCCC2)c2nc(Nc3ccc4ccccc4c3)ncc21. The Labute approximate surface area is 188 Å². The van der Waals surface area contributed by atoms with Gasteiger partial charge in [0.1, 0.15) is 5.69 Å². The fourth-order valence-electron chi connectivity index (χ4n) is 5.96. The minimum absolute atomic E-state index is 0.0618. The Morgan fingerprint density at radius 3 is 2.62 bits per heavy atom. The van der Waals surface area contributed by atoms with Gasteiger partial charge in [-0.15, -0.1) is 0 Å². The van der Waals surface area contributed by atoms with E-state index in [1.165, 1.54) is 36.5 Å². The van der Waals surface area contributed by atoms with Gasteiger partial charge in [0, 0.05) is 24.8 Å². The van der Waals surface area contributed by atoms with Crippen molar-refractivity contribution < 1.29 is 4.79 Å². The Morgan fingerprint density at radius 1 is 0.969 bits per heavy atom. The van der Waals surface area contributed by atoms with Crippen LogP contribution in [0.4, 0.5) is 23.1 Å². The Hall–Kier alpha value is -3.15. The summed E-state index contributed by atoms with van der Waals surface area (Å²) < 4.78 is 0. The van der Waals surface area contributed by atoms with E-state index >= 15 is 0 Å². The summed E-state index contributed by atoms with van der Waals surface area (Å²) in [6.07, 6.45) is 9.84. The topological polar surface area (TPSA) is 61.4 Å². The van der Waals surface area contributed by atoms with E-state index in [1.807, 2.05) is 13.2 Å².